The molecule has 0 unspecified atom stereocenters. The van der Waals surface area contributed by atoms with Gasteiger partial charge in [-0.1, -0.05) is 12.1 Å². The van der Waals surface area contributed by atoms with Gasteiger partial charge in [-0.25, -0.2) is 9.69 Å². The number of likely N-dealkylation sites (N-methyl/N-ethyl adjacent to an activating group) is 1. The fraction of sp³-hybridized carbons (Fsp3) is 0.333. The number of urea groups is 1. The van der Waals surface area contributed by atoms with Crippen molar-refractivity contribution < 1.29 is 19.2 Å². The van der Waals surface area contributed by atoms with Gasteiger partial charge in [0, 0.05) is 18.8 Å². The topological polar surface area (TPSA) is 78.0 Å². The number of rotatable bonds is 6. The SMILES string of the molecule is C=CCN1C(=O)C(=O)N(CC(=O)N(CC)c2cc(C)cc(C)c2)C1=O. The minimum absolute atomic E-state index is 0.0668. The third kappa shape index (κ3) is 3.60. The van der Waals surface area contributed by atoms with E-state index in [0.29, 0.717) is 17.1 Å². The van der Waals surface area contributed by atoms with E-state index in [2.05, 4.69) is 6.58 Å². The van der Waals surface area contributed by atoms with Crippen LogP contribution in [0.15, 0.2) is 30.9 Å². The maximum Gasteiger partial charge on any atom is 0.335 e. The third-order valence-electron chi connectivity index (χ3n) is 3.88. The smallest absolute Gasteiger partial charge is 0.311 e. The van der Waals surface area contributed by atoms with Crippen molar-refractivity contribution in [2.75, 3.05) is 24.5 Å². The first kappa shape index (κ1) is 18.4. The van der Waals surface area contributed by atoms with Crippen LogP contribution in [0.5, 0.6) is 0 Å². The highest BCUT2D eigenvalue weighted by Gasteiger charge is 2.45. The molecular weight excluding hydrogens is 322 g/mol. The Bertz CT molecular complexity index is 736. The second-order valence-corrected chi connectivity index (χ2v) is 5.86. The highest BCUT2D eigenvalue weighted by molar-refractivity contribution is 6.45. The van der Waals surface area contributed by atoms with Crippen LogP contribution in [0, 0.1) is 13.8 Å². The molecule has 1 aromatic carbocycles. The molecule has 132 valence electrons. The number of amides is 5. The summed E-state index contributed by atoms with van der Waals surface area (Å²) < 4.78 is 0. The number of hydrogen-bond acceptors (Lipinski definition) is 4. The lowest BCUT2D eigenvalue weighted by molar-refractivity contribution is -0.143. The van der Waals surface area contributed by atoms with Gasteiger partial charge in [0.25, 0.3) is 0 Å². The Balaban J connectivity index is 2.22. The fourth-order valence-corrected chi connectivity index (χ4v) is 2.81. The minimum atomic E-state index is -0.989. The molecule has 1 heterocycles. The highest BCUT2D eigenvalue weighted by Crippen LogP contribution is 2.20. The van der Waals surface area contributed by atoms with Crippen molar-refractivity contribution in [1.29, 1.82) is 0 Å². The molecule has 0 N–H and O–H groups in total. The predicted octanol–water partition coefficient (Wildman–Crippen LogP) is 1.63. The molecule has 5 amide bonds. The number of carbonyl (C=O) groups excluding carboxylic acids is 4. The van der Waals surface area contributed by atoms with Gasteiger partial charge in [0.15, 0.2) is 0 Å². The van der Waals surface area contributed by atoms with Gasteiger partial charge in [-0.3, -0.25) is 19.3 Å². The molecule has 0 spiro atoms. The number of hydrogen-bond donors (Lipinski definition) is 0. The van der Waals surface area contributed by atoms with Crippen molar-refractivity contribution >= 4 is 29.4 Å². The molecule has 0 aliphatic carbocycles. The van der Waals surface area contributed by atoms with E-state index in [-0.39, 0.29) is 6.54 Å². The summed E-state index contributed by atoms with van der Waals surface area (Å²) in [5.74, 6) is -2.36. The van der Waals surface area contributed by atoms with Gasteiger partial charge in [-0.05, 0) is 44.0 Å². The van der Waals surface area contributed by atoms with Gasteiger partial charge < -0.3 is 4.90 Å². The molecule has 7 heteroatoms. The molecular formula is C18H21N3O4. The van der Waals surface area contributed by atoms with E-state index in [4.69, 9.17) is 0 Å². The van der Waals surface area contributed by atoms with Gasteiger partial charge in [0.1, 0.15) is 6.54 Å². The quantitative estimate of drug-likeness (QED) is 0.447. The summed E-state index contributed by atoms with van der Waals surface area (Å²) in [6, 6.07) is 4.91. The zero-order chi connectivity index (χ0) is 18.7. The lowest BCUT2D eigenvalue weighted by Crippen LogP contribution is -2.43. The van der Waals surface area contributed by atoms with Crippen LogP contribution in [0.2, 0.25) is 0 Å². The molecule has 0 aromatic heterocycles. The molecule has 1 aromatic rings. The average Bonchev–Trinajstić information content (AvgIpc) is 2.73. The Morgan fingerprint density at radius 1 is 1.08 bits per heavy atom. The second-order valence-electron chi connectivity index (χ2n) is 5.86. The van der Waals surface area contributed by atoms with E-state index < -0.39 is 30.3 Å². The summed E-state index contributed by atoms with van der Waals surface area (Å²) in [7, 11) is 0. The first-order chi connectivity index (χ1) is 11.8. The molecule has 0 atom stereocenters. The van der Waals surface area contributed by atoms with E-state index in [9.17, 15) is 19.2 Å². The van der Waals surface area contributed by atoms with Crippen molar-refractivity contribution in [1.82, 2.24) is 9.80 Å². The molecule has 1 aliphatic heterocycles. The summed E-state index contributed by atoms with van der Waals surface area (Å²) in [4.78, 5) is 51.6. The molecule has 7 nitrogen and oxygen atoms in total. The first-order valence-electron chi connectivity index (χ1n) is 7.97. The predicted molar refractivity (Wildman–Crippen MR) is 93.0 cm³/mol. The highest BCUT2D eigenvalue weighted by atomic mass is 16.2. The number of imide groups is 2. The Morgan fingerprint density at radius 3 is 2.16 bits per heavy atom. The van der Waals surface area contributed by atoms with Crippen molar-refractivity contribution in [3.05, 3.63) is 42.0 Å². The first-order valence-corrected chi connectivity index (χ1v) is 7.97. The number of anilines is 1. The van der Waals surface area contributed by atoms with Crippen LogP contribution in [-0.2, 0) is 14.4 Å². The molecule has 1 saturated heterocycles. The van der Waals surface area contributed by atoms with Crippen LogP contribution >= 0.6 is 0 Å². The molecule has 1 fully saturated rings. The minimum Gasteiger partial charge on any atom is -0.311 e. The van der Waals surface area contributed by atoms with Gasteiger partial charge in [0.05, 0.1) is 0 Å². The number of benzene rings is 1. The van der Waals surface area contributed by atoms with Gasteiger partial charge in [-0.2, -0.15) is 0 Å². The zero-order valence-electron chi connectivity index (χ0n) is 14.6. The molecule has 25 heavy (non-hydrogen) atoms. The van der Waals surface area contributed by atoms with Crippen molar-refractivity contribution in [3.8, 4) is 0 Å². The Morgan fingerprint density at radius 2 is 1.64 bits per heavy atom. The van der Waals surface area contributed by atoms with Crippen LogP contribution in [0.3, 0.4) is 0 Å². The van der Waals surface area contributed by atoms with Crippen molar-refractivity contribution in [2.24, 2.45) is 0 Å². The normalized spacial score (nSPS) is 14.3. The standard InChI is InChI=1S/C18H21N3O4/c1-5-7-20-16(23)17(24)21(18(20)25)11-15(22)19(6-2)14-9-12(3)8-13(4)10-14/h5,8-10H,1,6-7,11H2,2-4H3. The molecule has 0 saturated carbocycles. The number of aryl methyl sites for hydroxylation is 2. The van der Waals surface area contributed by atoms with Crippen LogP contribution in [0.25, 0.3) is 0 Å². The van der Waals surface area contributed by atoms with Crippen LogP contribution in [0.4, 0.5) is 10.5 Å². The molecule has 2 rings (SSSR count). The van der Waals surface area contributed by atoms with E-state index in [1.54, 1.807) is 6.92 Å². The summed E-state index contributed by atoms with van der Waals surface area (Å²) in [5.41, 5.74) is 2.70. The maximum absolute atomic E-state index is 12.6. The molecule has 0 bridgehead atoms. The van der Waals surface area contributed by atoms with Crippen molar-refractivity contribution in [2.45, 2.75) is 20.8 Å². The lowest BCUT2D eigenvalue weighted by atomic mass is 10.1. The number of carbonyl (C=O) groups is 4. The number of nitrogens with zero attached hydrogens (tertiary/aromatic N) is 3. The molecule has 1 aliphatic rings. The third-order valence-corrected chi connectivity index (χ3v) is 3.88. The van der Waals surface area contributed by atoms with Crippen molar-refractivity contribution in [3.63, 3.8) is 0 Å². The van der Waals surface area contributed by atoms with E-state index in [1.165, 1.54) is 11.0 Å². The Labute approximate surface area is 146 Å². The van der Waals surface area contributed by atoms with Crippen LogP contribution in [-0.4, -0.2) is 53.2 Å². The average molecular weight is 343 g/mol. The van der Waals surface area contributed by atoms with Crippen LogP contribution in [0.1, 0.15) is 18.1 Å². The van der Waals surface area contributed by atoms with Gasteiger partial charge >= 0.3 is 17.8 Å². The summed E-state index contributed by atoms with van der Waals surface area (Å²) in [5, 5.41) is 0. The maximum atomic E-state index is 12.6. The van der Waals surface area contributed by atoms with E-state index in [0.717, 1.165) is 16.0 Å². The lowest BCUT2D eigenvalue weighted by Gasteiger charge is -2.24. The van der Waals surface area contributed by atoms with Gasteiger partial charge in [0.2, 0.25) is 5.91 Å². The van der Waals surface area contributed by atoms with Crippen LogP contribution < -0.4 is 4.90 Å². The van der Waals surface area contributed by atoms with Gasteiger partial charge in [-0.15, -0.1) is 6.58 Å². The van der Waals surface area contributed by atoms with E-state index >= 15 is 0 Å². The zero-order valence-corrected chi connectivity index (χ0v) is 14.6. The Kier molecular flexibility index (Phi) is 5.36. The summed E-state index contributed by atoms with van der Waals surface area (Å²) in [6.45, 7) is 8.94. The Hall–Kier alpha value is -2.96. The fourth-order valence-electron chi connectivity index (χ4n) is 2.81. The van der Waals surface area contributed by atoms with E-state index in [1.807, 2.05) is 32.0 Å². The second kappa shape index (κ2) is 7.29. The largest absolute Gasteiger partial charge is 0.335 e. The monoisotopic (exact) mass is 343 g/mol. The molecule has 0 radical (unpaired) electrons. The summed E-state index contributed by atoms with van der Waals surface area (Å²) >= 11 is 0. The summed E-state index contributed by atoms with van der Waals surface area (Å²) in [6.07, 6.45) is 1.35.